The molecule has 4 heteroatoms. The Labute approximate surface area is 134 Å². The first kappa shape index (κ1) is 13.5. The highest BCUT2D eigenvalue weighted by Gasteiger charge is 2.05. The third-order valence-corrected chi connectivity index (χ3v) is 3.99. The van der Waals surface area contributed by atoms with Crippen LogP contribution in [0.5, 0.6) is 0 Å². The van der Waals surface area contributed by atoms with Gasteiger partial charge in [0.05, 0.1) is 0 Å². The topological polar surface area (TPSA) is 56.7 Å². The minimum Gasteiger partial charge on any atom is -0.382 e. The van der Waals surface area contributed by atoms with Crippen LogP contribution in [0, 0.1) is 0 Å². The Bertz CT molecular complexity index is 954. The fraction of sp³-hybridized carbons (Fsp3) is 0.0526. The normalized spacial score (nSPS) is 11.0. The molecule has 2 aromatic heterocycles. The molecule has 0 saturated carbocycles. The van der Waals surface area contributed by atoms with E-state index in [-0.39, 0.29) is 0 Å². The smallest absolute Gasteiger partial charge is 0.149 e. The molecule has 2 aromatic carbocycles. The SMILES string of the molecule is Nc1nccnc1-c1ccc(Cn2ccc3ccccc32)cc1. The van der Waals surface area contributed by atoms with Gasteiger partial charge >= 0.3 is 0 Å². The van der Waals surface area contributed by atoms with Crippen molar-refractivity contribution in [1.82, 2.24) is 14.5 Å². The maximum absolute atomic E-state index is 5.88. The minimum absolute atomic E-state index is 0.455. The summed E-state index contributed by atoms with van der Waals surface area (Å²) in [7, 11) is 0. The number of nitrogen functional groups attached to an aromatic ring is 1. The lowest BCUT2D eigenvalue weighted by Crippen LogP contribution is -1.99. The monoisotopic (exact) mass is 300 g/mol. The maximum atomic E-state index is 5.88. The van der Waals surface area contributed by atoms with Gasteiger partial charge in [0.1, 0.15) is 11.5 Å². The number of fused-ring (bicyclic) bond motifs is 1. The molecule has 4 aromatic rings. The summed E-state index contributed by atoms with van der Waals surface area (Å²) < 4.78 is 2.25. The number of benzene rings is 2. The van der Waals surface area contributed by atoms with Crippen LogP contribution in [0.4, 0.5) is 5.82 Å². The predicted octanol–water partition coefficient (Wildman–Crippen LogP) is 3.73. The van der Waals surface area contributed by atoms with E-state index in [1.54, 1.807) is 12.4 Å². The summed E-state index contributed by atoms with van der Waals surface area (Å²) in [4.78, 5) is 8.39. The van der Waals surface area contributed by atoms with Crippen LogP contribution in [-0.4, -0.2) is 14.5 Å². The van der Waals surface area contributed by atoms with Crippen LogP contribution >= 0.6 is 0 Å². The van der Waals surface area contributed by atoms with Gasteiger partial charge in [-0.2, -0.15) is 0 Å². The first-order valence-corrected chi connectivity index (χ1v) is 7.51. The Morgan fingerprint density at radius 3 is 2.48 bits per heavy atom. The van der Waals surface area contributed by atoms with E-state index in [4.69, 9.17) is 5.73 Å². The van der Waals surface area contributed by atoms with E-state index in [1.807, 2.05) is 12.1 Å². The number of para-hydroxylation sites is 1. The Morgan fingerprint density at radius 1 is 0.870 bits per heavy atom. The van der Waals surface area contributed by atoms with E-state index in [0.717, 1.165) is 17.8 Å². The molecule has 0 bridgehead atoms. The fourth-order valence-corrected chi connectivity index (χ4v) is 2.81. The van der Waals surface area contributed by atoms with Gasteiger partial charge in [-0.25, -0.2) is 4.98 Å². The largest absolute Gasteiger partial charge is 0.382 e. The molecular formula is C19H16N4. The lowest BCUT2D eigenvalue weighted by Gasteiger charge is -2.08. The van der Waals surface area contributed by atoms with Gasteiger partial charge in [0.15, 0.2) is 0 Å². The van der Waals surface area contributed by atoms with Gasteiger partial charge < -0.3 is 10.3 Å². The van der Waals surface area contributed by atoms with Crippen molar-refractivity contribution in [2.45, 2.75) is 6.54 Å². The quantitative estimate of drug-likeness (QED) is 0.627. The van der Waals surface area contributed by atoms with E-state index in [9.17, 15) is 0 Å². The van der Waals surface area contributed by atoms with Gasteiger partial charge in [0, 0.05) is 36.2 Å². The Balaban J connectivity index is 1.63. The average Bonchev–Trinajstić information content (AvgIpc) is 2.99. The van der Waals surface area contributed by atoms with E-state index in [1.165, 1.54) is 16.5 Å². The third kappa shape index (κ3) is 2.55. The molecule has 0 atom stereocenters. The fourth-order valence-electron chi connectivity index (χ4n) is 2.81. The van der Waals surface area contributed by atoms with Crippen molar-refractivity contribution in [3.8, 4) is 11.3 Å². The van der Waals surface area contributed by atoms with Gasteiger partial charge in [-0.05, 0) is 23.1 Å². The minimum atomic E-state index is 0.455. The zero-order chi connectivity index (χ0) is 15.6. The number of nitrogens with zero attached hydrogens (tertiary/aromatic N) is 3. The summed E-state index contributed by atoms with van der Waals surface area (Å²) in [5.74, 6) is 0.455. The van der Waals surface area contributed by atoms with Crippen LogP contribution in [0.25, 0.3) is 22.2 Å². The van der Waals surface area contributed by atoms with E-state index >= 15 is 0 Å². The number of nitrogens with two attached hydrogens (primary N) is 1. The zero-order valence-corrected chi connectivity index (χ0v) is 12.6. The van der Waals surface area contributed by atoms with Crippen molar-refractivity contribution in [3.05, 3.63) is 78.8 Å². The predicted molar refractivity (Wildman–Crippen MR) is 92.9 cm³/mol. The summed E-state index contributed by atoms with van der Waals surface area (Å²) in [6.07, 6.45) is 5.38. The summed E-state index contributed by atoms with van der Waals surface area (Å²) in [5, 5.41) is 1.26. The summed E-state index contributed by atoms with van der Waals surface area (Å²) in [6, 6.07) is 18.9. The van der Waals surface area contributed by atoms with Crippen LogP contribution in [0.15, 0.2) is 73.2 Å². The molecule has 4 rings (SSSR count). The average molecular weight is 300 g/mol. The van der Waals surface area contributed by atoms with Gasteiger partial charge in [0.25, 0.3) is 0 Å². The third-order valence-electron chi connectivity index (χ3n) is 3.99. The molecule has 0 aliphatic heterocycles. The molecular weight excluding hydrogens is 284 g/mol. The van der Waals surface area contributed by atoms with Gasteiger partial charge in [0.2, 0.25) is 0 Å². The lowest BCUT2D eigenvalue weighted by molar-refractivity contribution is 0.837. The van der Waals surface area contributed by atoms with Gasteiger partial charge in [-0.3, -0.25) is 4.98 Å². The summed E-state index contributed by atoms with van der Waals surface area (Å²) in [6.45, 7) is 0.837. The van der Waals surface area contributed by atoms with Crippen LogP contribution < -0.4 is 5.73 Å². The number of anilines is 1. The zero-order valence-electron chi connectivity index (χ0n) is 12.6. The van der Waals surface area contributed by atoms with E-state index < -0.39 is 0 Å². The second kappa shape index (κ2) is 5.57. The molecule has 0 spiro atoms. The van der Waals surface area contributed by atoms with Crippen molar-refractivity contribution >= 4 is 16.7 Å². The number of hydrogen-bond acceptors (Lipinski definition) is 3. The van der Waals surface area contributed by atoms with Crippen molar-refractivity contribution < 1.29 is 0 Å². The molecule has 2 heterocycles. The molecule has 0 aliphatic rings. The molecule has 0 aliphatic carbocycles. The standard InChI is InChI=1S/C19H16N4/c20-19-18(21-10-11-22-19)16-7-5-14(6-8-16)13-23-12-9-15-3-1-2-4-17(15)23/h1-12H,13H2,(H2,20,22). The van der Waals surface area contributed by atoms with E-state index in [0.29, 0.717) is 5.82 Å². The van der Waals surface area contributed by atoms with Crippen molar-refractivity contribution in [2.75, 3.05) is 5.73 Å². The molecule has 0 fully saturated rings. The Hall–Kier alpha value is -3.14. The highest BCUT2D eigenvalue weighted by atomic mass is 14.9. The highest BCUT2D eigenvalue weighted by molar-refractivity contribution is 5.80. The molecule has 2 N–H and O–H groups in total. The van der Waals surface area contributed by atoms with Crippen LogP contribution in [0.3, 0.4) is 0 Å². The number of aromatic nitrogens is 3. The van der Waals surface area contributed by atoms with Crippen molar-refractivity contribution in [2.24, 2.45) is 0 Å². The second-order valence-corrected chi connectivity index (χ2v) is 5.49. The molecule has 112 valence electrons. The van der Waals surface area contributed by atoms with Crippen molar-refractivity contribution in [1.29, 1.82) is 0 Å². The molecule has 23 heavy (non-hydrogen) atoms. The molecule has 0 unspecified atom stereocenters. The Morgan fingerprint density at radius 2 is 1.65 bits per heavy atom. The summed E-state index contributed by atoms with van der Waals surface area (Å²) in [5.41, 5.74) is 10.1. The second-order valence-electron chi connectivity index (χ2n) is 5.49. The van der Waals surface area contributed by atoms with E-state index in [2.05, 4.69) is 63.2 Å². The molecule has 4 nitrogen and oxygen atoms in total. The van der Waals surface area contributed by atoms with Crippen LogP contribution in [0.2, 0.25) is 0 Å². The van der Waals surface area contributed by atoms with Crippen LogP contribution in [-0.2, 0) is 6.54 Å². The molecule has 0 amide bonds. The maximum Gasteiger partial charge on any atom is 0.149 e. The number of rotatable bonds is 3. The summed E-state index contributed by atoms with van der Waals surface area (Å²) >= 11 is 0. The van der Waals surface area contributed by atoms with Crippen LogP contribution in [0.1, 0.15) is 5.56 Å². The van der Waals surface area contributed by atoms with Gasteiger partial charge in [-0.1, -0.05) is 42.5 Å². The van der Waals surface area contributed by atoms with Gasteiger partial charge in [-0.15, -0.1) is 0 Å². The first-order chi connectivity index (χ1) is 11.3. The number of hydrogen-bond donors (Lipinski definition) is 1. The Kier molecular flexibility index (Phi) is 3.27. The van der Waals surface area contributed by atoms with Crippen molar-refractivity contribution in [3.63, 3.8) is 0 Å². The molecule has 0 radical (unpaired) electrons. The first-order valence-electron chi connectivity index (χ1n) is 7.51. The highest BCUT2D eigenvalue weighted by Crippen LogP contribution is 2.22. The lowest BCUT2D eigenvalue weighted by atomic mass is 10.1. The molecule has 0 saturated heterocycles.